The Labute approximate surface area is 207 Å². The SMILES string of the molecule is CCCCCCCCOc1ccc(C(=O)Oc2ccc(C=Nc3ccccc3OC)c(O)c2)cc1. The van der Waals surface area contributed by atoms with E-state index in [0.717, 1.165) is 12.2 Å². The molecule has 3 rings (SSSR count). The summed E-state index contributed by atoms with van der Waals surface area (Å²) in [5, 5.41) is 10.3. The van der Waals surface area contributed by atoms with Crippen molar-refractivity contribution in [3.63, 3.8) is 0 Å². The lowest BCUT2D eigenvalue weighted by Gasteiger charge is -2.08. The molecule has 3 aromatic rings. The molecule has 0 saturated carbocycles. The number of aromatic hydroxyl groups is 1. The van der Waals surface area contributed by atoms with E-state index in [0.29, 0.717) is 29.2 Å². The van der Waals surface area contributed by atoms with Gasteiger partial charge in [-0.15, -0.1) is 0 Å². The molecule has 0 spiro atoms. The van der Waals surface area contributed by atoms with Crippen LogP contribution in [0, 0.1) is 0 Å². The quantitative estimate of drug-likeness (QED) is 0.123. The maximum atomic E-state index is 12.5. The molecule has 35 heavy (non-hydrogen) atoms. The summed E-state index contributed by atoms with van der Waals surface area (Å²) in [5.41, 5.74) is 1.53. The molecule has 0 aliphatic heterocycles. The van der Waals surface area contributed by atoms with Gasteiger partial charge in [0.1, 0.15) is 28.7 Å². The summed E-state index contributed by atoms with van der Waals surface area (Å²) in [6.07, 6.45) is 8.79. The van der Waals surface area contributed by atoms with Crippen molar-refractivity contribution in [3.05, 3.63) is 77.9 Å². The fourth-order valence-electron chi connectivity index (χ4n) is 3.50. The van der Waals surface area contributed by atoms with Gasteiger partial charge in [-0.2, -0.15) is 0 Å². The second-order valence-electron chi connectivity index (χ2n) is 8.18. The van der Waals surface area contributed by atoms with Crippen molar-refractivity contribution < 1.29 is 24.1 Å². The molecule has 0 bridgehead atoms. The second-order valence-corrected chi connectivity index (χ2v) is 8.18. The van der Waals surface area contributed by atoms with Crippen LogP contribution in [0.25, 0.3) is 0 Å². The lowest BCUT2D eigenvalue weighted by Crippen LogP contribution is -2.08. The predicted octanol–water partition coefficient (Wildman–Crippen LogP) is 7.11. The van der Waals surface area contributed by atoms with Gasteiger partial charge in [-0.3, -0.25) is 4.99 Å². The molecule has 0 aromatic heterocycles. The Morgan fingerprint density at radius 1 is 0.914 bits per heavy atom. The Bertz CT molecular complexity index is 1110. The summed E-state index contributed by atoms with van der Waals surface area (Å²) >= 11 is 0. The molecule has 6 nitrogen and oxygen atoms in total. The molecule has 0 atom stereocenters. The molecule has 1 N–H and O–H groups in total. The highest BCUT2D eigenvalue weighted by atomic mass is 16.5. The molecule has 0 aliphatic rings. The number of aliphatic imine (C=N–C) groups is 1. The van der Waals surface area contributed by atoms with Crippen molar-refractivity contribution >= 4 is 17.9 Å². The number of unbranched alkanes of at least 4 members (excludes halogenated alkanes) is 5. The van der Waals surface area contributed by atoms with Gasteiger partial charge in [-0.25, -0.2) is 4.79 Å². The van der Waals surface area contributed by atoms with Gasteiger partial charge in [-0.05, 0) is 55.0 Å². The zero-order chi connectivity index (χ0) is 24.9. The van der Waals surface area contributed by atoms with Gasteiger partial charge in [0.2, 0.25) is 0 Å². The van der Waals surface area contributed by atoms with Crippen LogP contribution in [-0.4, -0.2) is 31.0 Å². The van der Waals surface area contributed by atoms with E-state index in [1.165, 1.54) is 44.4 Å². The van der Waals surface area contributed by atoms with E-state index in [1.54, 1.807) is 43.5 Å². The Hall–Kier alpha value is -3.80. The highest BCUT2D eigenvalue weighted by Crippen LogP contribution is 2.28. The summed E-state index contributed by atoms with van der Waals surface area (Å²) in [6, 6.07) is 18.8. The molecule has 0 fully saturated rings. The predicted molar refractivity (Wildman–Crippen MR) is 139 cm³/mol. The number of ether oxygens (including phenoxy) is 3. The van der Waals surface area contributed by atoms with E-state index in [1.807, 2.05) is 24.3 Å². The van der Waals surface area contributed by atoms with Crippen LogP contribution in [0.4, 0.5) is 5.69 Å². The summed E-state index contributed by atoms with van der Waals surface area (Å²) < 4.78 is 16.5. The maximum absolute atomic E-state index is 12.5. The fourth-order valence-corrected chi connectivity index (χ4v) is 3.50. The number of hydrogen-bond donors (Lipinski definition) is 1. The summed E-state index contributed by atoms with van der Waals surface area (Å²) in [7, 11) is 1.58. The van der Waals surface area contributed by atoms with E-state index in [2.05, 4.69) is 11.9 Å². The van der Waals surface area contributed by atoms with Crippen LogP contribution >= 0.6 is 0 Å². The number of phenols is 1. The first kappa shape index (κ1) is 25.8. The van der Waals surface area contributed by atoms with Crippen molar-refractivity contribution in [2.24, 2.45) is 4.99 Å². The molecule has 3 aromatic carbocycles. The monoisotopic (exact) mass is 475 g/mol. The van der Waals surface area contributed by atoms with Crippen molar-refractivity contribution in [1.82, 2.24) is 0 Å². The van der Waals surface area contributed by atoms with Gasteiger partial charge in [0.25, 0.3) is 0 Å². The molecule has 0 saturated heterocycles. The number of carbonyl (C=O) groups is 1. The number of hydrogen-bond acceptors (Lipinski definition) is 6. The van der Waals surface area contributed by atoms with E-state index < -0.39 is 5.97 Å². The first-order valence-corrected chi connectivity index (χ1v) is 12.1. The molecule has 0 aliphatic carbocycles. The van der Waals surface area contributed by atoms with Crippen molar-refractivity contribution in [3.8, 4) is 23.0 Å². The third-order valence-electron chi connectivity index (χ3n) is 5.50. The number of methoxy groups -OCH3 is 1. The van der Waals surface area contributed by atoms with Gasteiger partial charge in [0.05, 0.1) is 19.3 Å². The van der Waals surface area contributed by atoms with Crippen LogP contribution in [0.3, 0.4) is 0 Å². The smallest absolute Gasteiger partial charge is 0.343 e. The molecule has 0 amide bonds. The summed E-state index contributed by atoms with van der Waals surface area (Å²) in [5.74, 6) is 1.04. The molecule has 0 heterocycles. The van der Waals surface area contributed by atoms with E-state index in [4.69, 9.17) is 14.2 Å². The standard InChI is InChI=1S/C29H33NO5/c1-3-4-5-6-7-10-19-34-24-16-13-22(14-17-24)29(32)35-25-18-15-23(27(31)20-25)21-30-26-11-8-9-12-28(26)33-2/h8-9,11-18,20-21,31H,3-7,10,19H2,1-2H3. The van der Waals surface area contributed by atoms with E-state index in [-0.39, 0.29) is 11.5 Å². The number of para-hydroxylation sites is 2. The minimum atomic E-state index is -0.512. The minimum Gasteiger partial charge on any atom is -0.507 e. The average molecular weight is 476 g/mol. The van der Waals surface area contributed by atoms with E-state index >= 15 is 0 Å². The number of rotatable bonds is 13. The Kier molecular flexibility index (Phi) is 10.2. The zero-order valence-corrected chi connectivity index (χ0v) is 20.4. The molecule has 0 unspecified atom stereocenters. The first-order chi connectivity index (χ1) is 17.1. The zero-order valence-electron chi connectivity index (χ0n) is 20.4. The Morgan fingerprint density at radius 3 is 2.37 bits per heavy atom. The van der Waals surface area contributed by atoms with Gasteiger partial charge in [-0.1, -0.05) is 51.2 Å². The Balaban J connectivity index is 1.51. The van der Waals surface area contributed by atoms with Gasteiger partial charge < -0.3 is 19.3 Å². The molecular formula is C29H33NO5. The van der Waals surface area contributed by atoms with Crippen LogP contribution < -0.4 is 14.2 Å². The molecular weight excluding hydrogens is 442 g/mol. The van der Waals surface area contributed by atoms with Crippen molar-refractivity contribution in [1.29, 1.82) is 0 Å². The van der Waals surface area contributed by atoms with Gasteiger partial charge in [0, 0.05) is 17.8 Å². The number of phenolic OH excluding ortho intramolecular Hbond substituents is 1. The lowest BCUT2D eigenvalue weighted by atomic mass is 10.1. The van der Waals surface area contributed by atoms with Gasteiger partial charge >= 0.3 is 5.97 Å². The van der Waals surface area contributed by atoms with E-state index in [9.17, 15) is 9.90 Å². The molecule has 0 radical (unpaired) electrons. The molecule has 184 valence electrons. The maximum Gasteiger partial charge on any atom is 0.343 e. The van der Waals surface area contributed by atoms with Crippen molar-refractivity contribution in [2.75, 3.05) is 13.7 Å². The van der Waals surface area contributed by atoms with Crippen LogP contribution in [0.2, 0.25) is 0 Å². The van der Waals surface area contributed by atoms with Gasteiger partial charge in [0.15, 0.2) is 0 Å². The van der Waals surface area contributed by atoms with Crippen LogP contribution in [0.15, 0.2) is 71.7 Å². The highest BCUT2D eigenvalue weighted by molar-refractivity contribution is 5.91. The highest BCUT2D eigenvalue weighted by Gasteiger charge is 2.11. The number of nitrogens with zero attached hydrogens (tertiary/aromatic N) is 1. The van der Waals surface area contributed by atoms with Crippen molar-refractivity contribution in [2.45, 2.75) is 45.4 Å². The fraction of sp³-hybridized carbons (Fsp3) is 0.310. The van der Waals surface area contributed by atoms with Crippen LogP contribution in [0.5, 0.6) is 23.0 Å². The summed E-state index contributed by atoms with van der Waals surface area (Å²) in [6.45, 7) is 2.88. The van der Waals surface area contributed by atoms with Crippen LogP contribution in [0.1, 0.15) is 61.4 Å². The number of carbonyl (C=O) groups excluding carboxylic acids is 1. The number of esters is 1. The lowest BCUT2D eigenvalue weighted by molar-refractivity contribution is 0.0734. The first-order valence-electron chi connectivity index (χ1n) is 12.1. The summed E-state index contributed by atoms with van der Waals surface area (Å²) in [4.78, 5) is 16.9. The Morgan fingerprint density at radius 2 is 1.63 bits per heavy atom. The largest absolute Gasteiger partial charge is 0.507 e. The molecule has 6 heteroatoms. The third kappa shape index (κ3) is 8.18. The third-order valence-corrected chi connectivity index (χ3v) is 5.50. The minimum absolute atomic E-state index is 0.0487. The topological polar surface area (TPSA) is 77.4 Å². The second kappa shape index (κ2) is 13.8. The van der Waals surface area contributed by atoms with Crippen LogP contribution in [-0.2, 0) is 0 Å². The normalized spacial score (nSPS) is 10.9. The average Bonchev–Trinajstić information content (AvgIpc) is 2.88. The number of benzene rings is 3.